The molecule has 0 bridgehead atoms. The average Bonchev–Trinajstić information content (AvgIpc) is 3.44. The molecule has 158 valence electrons. The van der Waals surface area contributed by atoms with E-state index in [1.807, 2.05) is 6.07 Å². The second kappa shape index (κ2) is 6.88. The fourth-order valence-electron chi connectivity index (χ4n) is 5.29. The molecule has 0 radical (unpaired) electrons. The van der Waals surface area contributed by atoms with Crippen LogP contribution in [0.1, 0.15) is 17.3 Å². The molecule has 0 saturated carbocycles. The fourth-order valence-corrected chi connectivity index (χ4v) is 5.29. The van der Waals surface area contributed by atoms with Crippen LogP contribution in [0.4, 0.5) is 17.1 Å². The van der Waals surface area contributed by atoms with E-state index in [4.69, 9.17) is 4.42 Å². The third-order valence-corrected chi connectivity index (χ3v) is 6.79. The van der Waals surface area contributed by atoms with E-state index in [9.17, 15) is 0 Å². The smallest absolute Gasteiger partial charge is 0.142 e. The predicted molar refractivity (Wildman–Crippen MR) is 137 cm³/mol. The summed E-state index contributed by atoms with van der Waals surface area (Å²) in [7, 11) is 0. The minimum Gasteiger partial charge on any atom is -0.456 e. The van der Waals surface area contributed by atoms with Crippen molar-refractivity contribution in [1.29, 1.82) is 0 Å². The summed E-state index contributed by atoms with van der Waals surface area (Å²) < 4.78 is 6.48. The van der Waals surface area contributed by atoms with E-state index in [1.165, 1.54) is 32.8 Å². The van der Waals surface area contributed by atoms with Gasteiger partial charge < -0.3 is 14.6 Å². The zero-order valence-electron chi connectivity index (χ0n) is 18.2. The van der Waals surface area contributed by atoms with Crippen molar-refractivity contribution in [2.75, 3.05) is 10.2 Å². The van der Waals surface area contributed by atoms with E-state index in [2.05, 4.69) is 114 Å². The molecule has 5 aromatic carbocycles. The zero-order valence-corrected chi connectivity index (χ0v) is 18.2. The van der Waals surface area contributed by atoms with E-state index in [0.29, 0.717) is 0 Å². The Bertz CT molecular complexity index is 1670. The molecule has 1 aromatic heterocycles. The maximum absolute atomic E-state index is 6.48. The SMILES string of the molecule is Cc1ccc(C2Nc3ccc4ccccc4c3N2c2ccccc2)c2oc3ccccc3c12. The number of aryl methyl sites for hydroxylation is 1. The Morgan fingerprint density at radius 2 is 1.48 bits per heavy atom. The van der Waals surface area contributed by atoms with Gasteiger partial charge in [-0.2, -0.15) is 0 Å². The molecule has 1 aliphatic rings. The Labute approximate surface area is 191 Å². The van der Waals surface area contributed by atoms with Gasteiger partial charge in [-0.3, -0.25) is 0 Å². The Morgan fingerprint density at radius 3 is 2.36 bits per heavy atom. The highest BCUT2D eigenvalue weighted by atomic mass is 16.3. The molecule has 3 nitrogen and oxygen atoms in total. The van der Waals surface area contributed by atoms with Gasteiger partial charge in [0, 0.05) is 27.4 Å². The van der Waals surface area contributed by atoms with Crippen molar-refractivity contribution in [2.24, 2.45) is 0 Å². The lowest BCUT2D eigenvalue weighted by molar-refractivity contribution is 0.655. The number of nitrogens with one attached hydrogen (secondary N) is 1. The van der Waals surface area contributed by atoms with Gasteiger partial charge in [0.1, 0.15) is 17.3 Å². The number of fused-ring (bicyclic) bond motifs is 6. The first-order chi connectivity index (χ1) is 16.3. The molecule has 0 fully saturated rings. The lowest BCUT2D eigenvalue weighted by atomic mass is 10.0. The van der Waals surface area contributed by atoms with Crippen LogP contribution in [-0.4, -0.2) is 0 Å². The molecule has 1 unspecified atom stereocenters. The zero-order chi connectivity index (χ0) is 21.9. The fraction of sp³-hybridized carbons (Fsp3) is 0.0667. The van der Waals surface area contributed by atoms with Crippen molar-refractivity contribution in [3.8, 4) is 0 Å². The van der Waals surface area contributed by atoms with Gasteiger partial charge in [-0.1, -0.05) is 78.9 Å². The highest BCUT2D eigenvalue weighted by molar-refractivity contribution is 6.09. The summed E-state index contributed by atoms with van der Waals surface area (Å²) in [5.41, 5.74) is 7.72. The first-order valence-electron chi connectivity index (χ1n) is 11.3. The highest BCUT2D eigenvalue weighted by Crippen LogP contribution is 2.51. The summed E-state index contributed by atoms with van der Waals surface area (Å²) in [4.78, 5) is 2.41. The van der Waals surface area contributed by atoms with Gasteiger partial charge in [0.05, 0.1) is 11.4 Å². The summed E-state index contributed by atoms with van der Waals surface area (Å²) in [6, 6.07) is 36.3. The minimum atomic E-state index is -0.0862. The van der Waals surface area contributed by atoms with Crippen LogP contribution in [0, 0.1) is 6.92 Å². The van der Waals surface area contributed by atoms with Crippen LogP contribution in [0.3, 0.4) is 0 Å². The van der Waals surface area contributed by atoms with Crippen LogP contribution >= 0.6 is 0 Å². The number of furan rings is 1. The third kappa shape index (κ3) is 2.63. The van der Waals surface area contributed by atoms with Crippen LogP contribution in [0.2, 0.25) is 0 Å². The van der Waals surface area contributed by atoms with Gasteiger partial charge in [-0.15, -0.1) is 0 Å². The van der Waals surface area contributed by atoms with Crippen molar-refractivity contribution in [1.82, 2.24) is 0 Å². The summed E-state index contributed by atoms with van der Waals surface area (Å²) >= 11 is 0. The van der Waals surface area contributed by atoms with Gasteiger partial charge in [0.25, 0.3) is 0 Å². The molecular formula is C30H22N2O. The molecule has 33 heavy (non-hydrogen) atoms. The molecule has 2 heterocycles. The van der Waals surface area contributed by atoms with Crippen molar-refractivity contribution in [3.63, 3.8) is 0 Å². The lowest BCUT2D eigenvalue weighted by Gasteiger charge is -2.28. The number of anilines is 3. The van der Waals surface area contributed by atoms with E-state index < -0.39 is 0 Å². The third-order valence-electron chi connectivity index (χ3n) is 6.79. The van der Waals surface area contributed by atoms with Crippen molar-refractivity contribution >= 4 is 49.8 Å². The Morgan fingerprint density at radius 1 is 0.727 bits per heavy atom. The Kier molecular flexibility index (Phi) is 3.82. The number of hydrogen-bond donors (Lipinski definition) is 1. The Balaban J connectivity index is 1.53. The maximum Gasteiger partial charge on any atom is 0.142 e. The highest BCUT2D eigenvalue weighted by Gasteiger charge is 2.34. The molecule has 7 rings (SSSR count). The van der Waals surface area contributed by atoms with E-state index in [0.717, 1.165) is 28.1 Å². The van der Waals surface area contributed by atoms with Crippen LogP contribution in [0.25, 0.3) is 32.7 Å². The molecule has 0 spiro atoms. The number of benzene rings is 5. The van der Waals surface area contributed by atoms with Gasteiger partial charge in [0.2, 0.25) is 0 Å². The molecule has 1 aliphatic heterocycles. The predicted octanol–water partition coefficient (Wildman–Crippen LogP) is 8.31. The number of para-hydroxylation sites is 2. The van der Waals surface area contributed by atoms with Gasteiger partial charge in [-0.25, -0.2) is 0 Å². The van der Waals surface area contributed by atoms with E-state index in [-0.39, 0.29) is 6.17 Å². The van der Waals surface area contributed by atoms with Crippen LogP contribution in [0.5, 0.6) is 0 Å². The van der Waals surface area contributed by atoms with Crippen molar-refractivity contribution in [2.45, 2.75) is 13.1 Å². The molecule has 6 aromatic rings. The quantitative estimate of drug-likeness (QED) is 0.302. The molecule has 0 saturated heterocycles. The van der Waals surface area contributed by atoms with Crippen LogP contribution < -0.4 is 10.2 Å². The second-order valence-corrected chi connectivity index (χ2v) is 8.71. The largest absolute Gasteiger partial charge is 0.456 e. The Hall–Kier alpha value is -4.24. The van der Waals surface area contributed by atoms with Crippen molar-refractivity contribution < 1.29 is 4.42 Å². The molecule has 0 aliphatic carbocycles. The second-order valence-electron chi connectivity index (χ2n) is 8.71. The maximum atomic E-state index is 6.48. The first kappa shape index (κ1) is 18.3. The van der Waals surface area contributed by atoms with Crippen LogP contribution in [-0.2, 0) is 0 Å². The van der Waals surface area contributed by atoms with Crippen molar-refractivity contribution in [3.05, 3.63) is 114 Å². The molecular weight excluding hydrogens is 404 g/mol. The summed E-state index contributed by atoms with van der Waals surface area (Å²) in [5.74, 6) is 0. The van der Waals surface area contributed by atoms with Gasteiger partial charge >= 0.3 is 0 Å². The number of hydrogen-bond acceptors (Lipinski definition) is 3. The topological polar surface area (TPSA) is 28.4 Å². The number of rotatable bonds is 2. The summed E-state index contributed by atoms with van der Waals surface area (Å²) in [6.45, 7) is 2.16. The van der Waals surface area contributed by atoms with Crippen LogP contribution in [0.15, 0.2) is 108 Å². The van der Waals surface area contributed by atoms with Gasteiger partial charge in [-0.05, 0) is 42.1 Å². The average molecular weight is 427 g/mol. The molecule has 1 atom stereocenters. The standard InChI is InChI=1S/C30H22N2O/c1-19-15-17-24(29-27(19)23-13-7-8-14-26(23)33-29)30-31-25-18-16-20-9-5-6-12-22(20)28(25)32(30)21-10-3-2-4-11-21/h2-18,30-31H,1H3. The summed E-state index contributed by atoms with van der Waals surface area (Å²) in [6.07, 6.45) is -0.0862. The first-order valence-corrected chi connectivity index (χ1v) is 11.3. The molecule has 1 N–H and O–H groups in total. The lowest BCUT2D eigenvalue weighted by Crippen LogP contribution is -2.23. The van der Waals surface area contributed by atoms with E-state index >= 15 is 0 Å². The van der Waals surface area contributed by atoms with E-state index in [1.54, 1.807) is 0 Å². The van der Waals surface area contributed by atoms with Gasteiger partial charge in [0.15, 0.2) is 0 Å². The number of nitrogens with zero attached hydrogens (tertiary/aromatic N) is 1. The molecule has 3 heteroatoms. The normalized spacial score (nSPS) is 15.3. The monoisotopic (exact) mass is 426 g/mol. The summed E-state index contributed by atoms with van der Waals surface area (Å²) in [5, 5.41) is 8.64. The minimum absolute atomic E-state index is 0.0862. The molecule has 0 amide bonds.